The van der Waals surface area contributed by atoms with Gasteiger partial charge in [-0.15, -0.1) is 0 Å². The molecule has 0 heterocycles. The molecule has 3 aromatic carbocycles. The highest BCUT2D eigenvalue weighted by Gasteiger charge is 2.33. The number of hydrogen-bond acceptors (Lipinski definition) is 4. The highest BCUT2D eigenvalue weighted by atomic mass is 35.5. The first-order chi connectivity index (χ1) is 18.4. The average Bonchev–Trinajstić information content (AvgIpc) is 2.86. The number of anilines is 1. The monoisotopic (exact) mass is 593 g/mol. The van der Waals surface area contributed by atoms with Crippen LogP contribution in [0.1, 0.15) is 25.0 Å². The van der Waals surface area contributed by atoms with E-state index in [0.29, 0.717) is 14.9 Å². The highest BCUT2D eigenvalue weighted by molar-refractivity contribution is 7.92. The smallest absolute Gasteiger partial charge is 0.244 e. The van der Waals surface area contributed by atoms with Gasteiger partial charge in [0.25, 0.3) is 0 Å². The van der Waals surface area contributed by atoms with E-state index in [1.807, 2.05) is 30.3 Å². The van der Waals surface area contributed by atoms with Gasteiger partial charge in [-0.2, -0.15) is 0 Å². The van der Waals surface area contributed by atoms with Crippen LogP contribution < -0.4 is 9.62 Å². The first-order valence-corrected chi connectivity index (χ1v) is 14.8. The van der Waals surface area contributed by atoms with E-state index in [9.17, 15) is 22.4 Å². The van der Waals surface area contributed by atoms with Gasteiger partial charge in [-0.3, -0.25) is 13.9 Å². The fraction of sp³-hybridized carbons (Fsp3) is 0.286. The minimum atomic E-state index is -4.07. The molecule has 0 aliphatic heterocycles. The van der Waals surface area contributed by atoms with Gasteiger partial charge in [-0.05, 0) is 49.2 Å². The van der Waals surface area contributed by atoms with Gasteiger partial charge in [0.05, 0.1) is 22.0 Å². The molecule has 0 saturated carbocycles. The molecule has 1 unspecified atom stereocenters. The number of sulfonamides is 1. The van der Waals surface area contributed by atoms with Gasteiger partial charge in [0.15, 0.2) is 0 Å². The predicted molar refractivity (Wildman–Crippen MR) is 153 cm³/mol. The van der Waals surface area contributed by atoms with Crippen LogP contribution >= 0.6 is 23.2 Å². The fourth-order valence-electron chi connectivity index (χ4n) is 4.02. The number of para-hydroxylation sites is 1. The lowest BCUT2D eigenvalue weighted by Gasteiger charge is -2.34. The van der Waals surface area contributed by atoms with Crippen molar-refractivity contribution < 1.29 is 22.4 Å². The Labute approximate surface area is 238 Å². The van der Waals surface area contributed by atoms with E-state index in [0.717, 1.165) is 17.9 Å². The van der Waals surface area contributed by atoms with Crippen LogP contribution in [0, 0.1) is 5.82 Å². The topological polar surface area (TPSA) is 86.8 Å². The first-order valence-electron chi connectivity index (χ1n) is 12.2. The Morgan fingerprint density at radius 2 is 1.56 bits per heavy atom. The summed E-state index contributed by atoms with van der Waals surface area (Å²) in [6, 6.07) is 18.0. The van der Waals surface area contributed by atoms with Crippen LogP contribution in [-0.4, -0.2) is 50.0 Å². The molecule has 0 saturated heterocycles. The van der Waals surface area contributed by atoms with Gasteiger partial charge in [0.1, 0.15) is 18.4 Å². The number of hydrogen-bond donors (Lipinski definition) is 1. The number of halogens is 3. The lowest BCUT2D eigenvalue weighted by Crippen LogP contribution is -2.54. The lowest BCUT2D eigenvalue weighted by atomic mass is 10.0. The van der Waals surface area contributed by atoms with E-state index in [2.05, 4.69) is 5.32 Å². The quantitative estimate of drug-likeness (QED) is 0.336. The average molecular weight is 595 g/mol. The maximum Gasteiger partial charge on any atom is 0.244 e. The van der Waals surface area contributed by atoms with Crippen LogP contribution in [0.5, 0.6) is 0 Å². The van der Waals surface area contributed by atoms with Crippen molar-refractivity contribution in [3.63, 3.8) is 0 Å². The Morgan fingerprint density at radius 1 is 0.923 bits per heavy atom. The maximum atomic E-state index is 14.6. The molecule has 0 aliphatic carbocycles. The molecule has 208 valence electrons. The molecule has 0 radical (unpaired) electrons. The summed E-state index contributed by atoms with van der Waals surface area (Å²) in [5, 5.41) is 3.44. The molecule has 0 aliphatic rings. The molecule has 1 atom stereocenters. The molecule has 0 aromatic heterocycles. The number of rotatable bonds is 11. The third kappa shape index (κ3) is 8.42. The molecule has 7 nitrogen and oxygen atoms in total. The number of carbonyl (C=O) groups excluding carboxylic acids is 2. The van der Waals surface area contributed by atoms with E-state index in [1.54, 1.807) is 32.0 Å². The third-order valence-corrected chi connectivity index (χ3v) is 7.70. The maximum absolute atomic E-state index is 14.6. The number of carbonyl (C=O) groups is 2. The van der Waals surface area contributed by atoms with Crippen LogP contribution in [0.15, 0.2) is 72.8 Å². The number of benzene rings is 3. The van der Waals surface area contributed by atoms with Crippen molar-refractivity contribution in [1.82, 2.24) is 10.2 Å². The Hall–Kier alpha value is -3.14. The summed E-state index contributed by atoms with van der Waals surface area (Å²) in [4.78, 5) is 28.7. The summed E-state index contributed by atoms with van der Waals surface area (Å²) in [6.45, 7) is 2.80. The SMILES string of the molecule is CC(C)NC(=O)C(Cc1ccccc1)N(Cc1ccc(Cl)c(Cl)c1)C(=O)CN(c1ccccc1F)S(C)(=O)=O. The molecule has 11 heteroatoms. The van der Waals surface area contributed by atoms with Crippen LogP contribution in [0.4, 0.5) is 10.1 Å². The number of nitrogens with zero attached hydrogens (tertiary/aromatic N) is 2. The zero-order valence-electron chi connectivity index (χ0n) is 21.8. The summed E-state index contributed by atoms with van der Waals surface area (Å²) < 4.78 is 40.7. The van der Waals surface area contributed by atoms with E-state index >= 15 is 0 Å². The van der Waals surface area contributed by atoms with Crippen molar-refractivity contribution in [2.45, 2.75) is 38.9 Å². The van der Waals surface area contributed by atoms with Crippen molar-refractivity contribution in [2.75, 3.05) is 17.1 Å². The zero-order valence-corrected chi connectivity index (χ0v) is 24.1. The Bertz CT molecular complexity index is 1420. The van der Waals surface area contributed by atoms with E-state index in [-0.39, 0.29) is 29.7 Å². The second kappa shape index (κ2) is 13.3. The largest absolute Gasteiger partial charge is 0.352 e. The van der Waals surface area contributed by atoms with Crippen LogP contribution in [0.2, 0.25) is 10.0 Å². The summed E-state index contributed by atoms with van der Waals surface area (Å²) in [6.07, 6.45) is 1.05. The summed E-state index contributed by atoms with van der Waals surface area (Å²) >= 11 is 12.3. The molecule has 2 amide bonds. The second-order valence-electron chi connectivity index (χ2n) is 9.36. The molecular weight excluding hydrogens is 564 g/mol. The third-order valence-electron chi connectivity index (χ3n) is 5.84. The minimum absolute atomic E-state index is 0.0758. The standard InChI is InChI=1S/C28H30Cl2FN3O4S/c1-19(2)32-28(36)26(16-20-9-5-4-6-10-20)33(17-21-13-14-22(29)23(30)15-21)27(35)18-34(39(3,37)38)25-12-8-7-11-24(25)31/h4-15,19,26H,16-18H2,1-3H3,(H,32,36). The van der Waals surface area contributed by atoms with Crippen molar-refractivity contribution in [1.29, 1.82) is 0 Å². The van der Waals surface area contributed by atoms with Gasteiger partial charge >= 0.3 is 0 Å². The van der Waals surface area contributed by atoms with Gasteiger partial charge < -0.3 is 10.2 Å². The van der Waals surface area contributed by atoms with Crippen molar-refractivity contribution in [2.24, 2.45) is 0 Å². The van der Waals surface area contributed by atoms with Crippen molar-refractivity contribution in [3.05, 3.63) is 99.8 Å². The van der Waals surface area contributed by atoms with Crippen LogP contribution in [0.25, 0.3) is 0 Å². The number of amides is 2. The Kier molecular flexibility index (Phi) is 10.4. The zero-order chi connectivity index (χ0) is 28.7. The molecule has 3 rings (SSSR count). The number of nitrogens with one attached hydrogen (secondary N) is 1. The molecule has 1 N–H and O–H groups in total. The summed E-state index contributed by atoms with van der Waals surface area (Å²) in [5.41, 5.74) is 1.10. The lowest BCUT2D eigenvalue weighted by molar-refractivity contribution is -0.140. The molecule has 0 spiro atoms. The fourth-order valence-corrected chi connectivity index (χ4v) is 5.19. The van der Waals surface area contributed by atoms with E-state index in [4.69, 9.17) is 23.2 Å². The molecule has 0 bridgehead atoms. The Balaban J connectivity index is 2.08. The molecule has 39 heavy (non-hydrogen) atoms. The predicted octanol–water partition coefficient (Wildman–Crippen LogP) is 5.06. The van der Waals surface area contributed by atoms with E-state index < -0.39 is 40.2 Å². The second-order valence-corrected chi connectivity index (χ2v) is 12.1. The van der Waals surface area contributed by atoms with E-state index in [1.165, 1.54) is 23.1 Å². The van der Waals surface area contributed by atoms with Crippen molar-refractivity contribution in [3.8, 4) is 0 Å². The van der Waals surface area contributed by atoms with Gasteiger partial charge in [0, 0.05) is 19.0 Å². The van der Waals surface area contributed by atoms with Crippen molar-refractivity contribution >= 4 is 50.7 Å². The Morgan fingerprint density at radius 3 is 2.15 bits per heavy atom. The van der Waals surface area contributed by atoms with Gasteiger partial charge in [-0.1, -0.05) is 71.7 Å². The normalized spacial score (nSPS) is 12.2. The van der Waals surface area contributed by atoms with Gasteiger partial charge in [-0.25, -0.2) is 12.8 Å². The molecular formula is C28H30Cl2FN3O4S. The van der Waals surface area contributed by atoms with Crippen LogP contribution in [-0.2, 0) is 32.6 Å². The van der Waals surface area contributed by atoms with Crippen LogP contribution in [0.3, 0.4) is 0 Å². The van der Waals surface area contributed by atoms with Gasteiger partial charge in [0.2, 0.25) is 21.8 Å². The highest BCUT2D eigenvalue weighted by Crippen LogP contribution is 2.26. The summed E-state index contributed by atoms with van der Waals surface area (Å²) in [7, 11) is -4.07. The molecule has 3 aromatic rings. The first kappa shape index (κ1) is 30.4. The molecule has 0 fully saturated rings. The summed E-state index contributed by atoms with van der Waals surface area (Å²) in [5.74, 6) is -1.92. The minimum Gasteiger partial charge on any atom is -0.352 e.